The van der Waals surface area contributed by atoms with Crippen LogP contribution in [0.3, 0.4) is 0 Å². The number of aromatic nitrogens is 4. The first kappa shape index (κ1) is 23.4. The summed E-state index contributed by atoms with van der Waals surface area (Å²) in [6, 6.07) is 13.6. The van der Waals surface area contributed by atoms with E-state index in [1.165, 1.54) is 34.4 Å². The molecule has 0 fully saturated rings. The fraction of sp³-hybridized carbons (Fsp3) is 0.200. The topological polar surface area (TPSA) is 119 Å². The molecule has 2 heterocycles. The molecule has 0 unspecified atom stereocenters. The third-order valence-electron chi connectivity index (χ3n) is 3.99. The molecule has 2 aromatic carbocycles. The Hall–Kier alpha value is -2.74. The van der Waals surface area contributed by atoms with E-state index in [0.29, 0.717) is 20.4 Å². The van der Waals surface area contributed by atoms with E-state index in [1.807, 2.05) is 49.4 Å². The van der Waals surface area contributed by atoms with Gasteiger partial charge in [-0.1, -0.05) is 83.5 Å². The van der Waals surface area contributed by atoms with Gasteiger partial charge in [0.15, 0.2) is 15.3 Å². The summed E-state index contributed by atoms with van der Waals surface area (Å²) in [6.07, 6.45) is 0. The Morgan fingerprint density at radius 3 is 2.27 bits per heavy atom. The smallest absolute Gasteiger partial charge is 0.264 e. The number of benzene rings is 2. The molecule has 2 aromatic heterocycles. The molecule has 0 spiro atoms. The molecule has 0 saturated heterocycles. The second kappa shape index (κ2) is 11.4. The third kappa shape index (κ3) is 6.87. The lowest BCUT2D eigenvalue weighted by Gasteiger charge is -2.06. The summed E-state index contributed by atoms with van der Waals surface area (Å²) >= 11 is 5.32. The second-order valence-electron chi connectivity index (χ2n) is 6.36. The van der Waals surface area contributed by atoms with Crippen LogP contribution in [0.5, 0.6) is 5.75 Å². The fourth-order valence-corrected chi connectivity index (χ4v) is 5.84. The molecule has 0 radical (unpaired) electrons. The van der Waals surface area contributed by atoms with Crippen LogP contribution >= 0.6 is 46.2 Å². The van der Waals surface area contributed by atoms with Crippen molar-refractivity contribution in [1.82, 2.24) is 20.4 Å². The van der Waals surface area contributed by atoms with E-state index in [-0.39, 0.29) is 24.2 Å². The lowest BCUT2D eigenvalue weighted by molar-refractivity contribution is -0.118. The molecule has 170 valence electrons. The van der Waals surface area contributed by atoms with Crippen LogP contribution in [-0.4, -0.2) is 50.3 Å². The van der Waals surface area contributed by atoms with Crippen molar-refractivity contribution in [2.24, 2.45) is 0 Å². The fourth-order valence-electron chi connectivity index (χ4n) is 2.60. The van der Waals surface area contributed by atoms with Gasteiger partial charge in [-0.2, -0.15) is 0 Å². The van der Waals surface area contributed by atoms with Crippen LogP contribution in [0.1, 0.15) is 6.92 Å². The number of fused-ring (bicyclic) bond motifs is 1. The van der Waals surface area contributed by atoms with Gasteiger partial charge in [-0.15, -0.1) is 20.4 Å². The Labute approximate surface area is 205 Å². The van der Waals surface area contributed by atoms with Gasteiger partial charge in [-0.3, -0.25) is 20.2 Å². The van der Waals surface area contributed by atoms with Crippen molar-refractivity contribution >= 4 is 79.0 Å². The molecule has 0 saturated carbocycles. The summed E-state index contributed by atoms with van der Waals surface area (Å²) in [6.45, 7) is 1.88. The highest BCUT2D eigenvalue weighted by molar-refractivity contribution is 8.01. The van der Waals surface area contributed by atoms with Crippen LogP contribution in [-0.2, 0) is 9.59 Å². The van der Waals surface area contributed by atoms with Crippen LogP contribution in [0.4, 0.5) is 10.3 Å². The first-order valence-corrected chi connectivity index (χ1v) is 13.3. The van der Waals surface area contributed by atoms with E-state index in [9.17, 15) is 9.59 Å². The van der Waals surface area contributed by atoms with Crippen molar-refractivity contribution in [3.63, 3.8) is 0 Å². The molecular formula is C20H18N6O3S4. The number of rotatable bonds is 10. The molecule has 0 aliphatic rings. The van der Waals surface area contributed by atoms with Gasteiger partial charge in [0.1, 0.15) is 5.75 Å². The molecule has 0 atom stereocenters. The van der Waals surface area contributed by atoms with E-state index in [0.717, 1.165) is 20.9 Å². The van der Waals surface area contributed by atoms with E-state index in [2.05, 4.69) is 31.0 Å². The maximum absolute atomic E-state index is 12.2. The van der Waals surface area contributed by atoms with Gasteiger partial charge in [0.05, 0.1) is 5.75 Å². The highest BCUT2D eigenvalue weighted by Crippen LogP contribution is 2.27. The number of ether oxygens (including phenoxy) is 1. The number of anilines is 2. The Balaban J connectivity index is 1.21. The van der Waals surface area contributed by atoms with Crippen LogP contribution < -0.4 is 15.4 Å². The van der Waals surface area contributed by atoms with Crippen LogP contribution in [0.2, 0.25) is 0 Å². The van der Waals surface area contributed by atoms with Crippen molar-refractivity contribution in [3.05, 3.63) is 42.5 Å². The maximum atomic E-state index is 12.2. The quantitative estimate of drug-likeness (QED) is 0.232. The summed E-state index contributed by atoms with van der Waals surface area (Å²) < 4.78 is 6.96. The predicted molar refractivity (Wildman–Crippen MR) is 134 cm³/mol. The average molecular weight is 519 g/mol. The lowest BCUT2D eigenvalue weighted by atomic mass is 10.1. The van der Waals surface area contributed by atoms with Crippen molar-refractivity contribution in [2.45, 2.75) is 15.6 Å². The Morgan fingerprint density at radius 2 is 1.55 bits per heavy atom. The number of amides is 2. The number of hydrogen-bond donors (Lipinski definition) is 2. The molecule has 4 aromatic rings. The normalized spacial score (nSPS) is 10.8. The van der Waals surface area contributed by atoms with Gasteiger partial charge in [-0.25, -0.2) is 0 Å². The Kier molecular flexibility index (Phi) is 8.10. The lowest BCUT2D eigenvalue weighted by Crippen LogP contribution is -2.20. The van der Waals surface area contributed by atoms with Gasteiger partial charge in [0.25, 0.3) is 5.91 Å². The van der Waals surface area contributed by atoms with Crippen LogP contribution in [0, 0.1) is 0 Å². The minimum absolute atomic E-state index is 0.142. The van der Waals surface area contributed by atoms with E-state index < -0.39 is 0 Å². The summed E-state index contributed by atoms with van der Waals surface area (Å²) in [5.74, 6) is 1.09. The maximum Gasteiger partial charge on any atom is 0.264 e. The molecule has 13 heteroatoms. The highest BCUT2D eigenvalue weighted by Gasteiger charge is 2.13. The monoisotopic (exact) mass is 518 g/mol. The molecule has 0 aliphatic heterocycles. The number of nitrogens with one attached hydrogen (secondary N) is 2. The molecular weight excluding hydrogens is 501 g/mol. The van der Waals surface area contributed by atoms with Crippen molar-refractivity contribution in [3.8, 4) is 5.75 Å². The minimum Gasteiger partial charge on any atom is -0.484 e. The number of nitrogens with zero attached hydrogens (tertiary/aromatic N) is 4. The summed E-state index contributed by atoms with van der Waals surface area (Å²) in [5.41, 5.74) is 0. The zero-order chi connectivity index (χ0) is 23.0. The van der Waals surface area contributed by atoms with Gasteiger partial charge in [0, 0.05) is 0 Å². The number of hydrogen-bond acceptors (Lipinski definition) is 11. The van der Waals surface area contributed by atoms with Crippen molar-refractivity contribution < 1.29 is 14.3 Å². The molecule has 9 nitrogen and oxygen atoms in total. The second-order valence-corrected chi connectivity index (χ2v) is 11.1. The van der Waals surface area contributed by atoms with Crippen LogP contribution in [0.15, 0.2) is 51.1 Å². The van der Waals surface area contributed by atoms with Crippen LogP contribution in [0.25, 0.3) is 10.8 Å². The number of carbonyl (C=O) groups is 2. The zero-order valence-corrected chi connectivity index (χ0v) is 20.6. The van der Waals surface area contributed by atoms with E-state index in [1.54, 1.807) is 11.8 Å². The number of thioether (sulfide) groups is 2. The summed E-state index contributed by atoms with van der Waals surface area (Å²) in [4.78, 5) is 24.3. The van der Waals surface area contributed by atoms with Crippen molar-refractivity contribution in [2.75, 3.05) is 28.7 Å². The first-order chi connectivity index (χ1) is 16.1. The largest absolute Gasteiger partial charge is 0.484 e. The van der Waals surface area contributed by atoms with Gasteiger partial charge in [0.2, 0.25) is 16.2 Å². The molecule has 2 amide bonds. The SMILES string of the molecule is CCSc1nnc(NC(=O)CSc2nnc(NC(=O)COc3ccc4ccccc4c3)s2)s1. The summed E-state index contributed by atoms with van der Waals surface area (Å²) in [7, 11) is 0. The minimum atomic E-state index is -0.342. The zero-order valence-electron chi connectivity index (χ0n) is 17.3. The molecule has 2 N–H and O–H groups in total. The average Bonchev–Trinajstić information content (AvgIpc) is 3.45. The van der Waals surface area contributed by atoms with Gasteiger partial charge in [-0.05, 0) is 28.7 Å². The molecule has 0 bridgehead atoms. The number of carbonyl (C=O) groups excluding carboxylic acids is 2. The third-order valence-corrected chi connectivity index (χ3v) is 7.82. The highest BCUT2D eigenvalue weighted by atomic mass is 32.2. The van der Waals surface area contributed by atoms with E-state index in [4.69, 9.17) is 4.74 Å². The van der Waals surface area contributed by atoms with Gasteiger partial charge < -0.3 is 4.74 Å². The first-order valence-electron chi connectivity index (χ1n) is 9.73. The van der Waals surface area contributed by atoms with Gasteiger partial charge >= 0.3 is 0 Å². The van der Waals surface area contributed by atoms with E-state index >= 15 is 0 Å². The molecule has 33 heavy (non-hydrogen) atoms. The Bertz CT molecular complexity index is 1260. The standard InChI is InChI=1S/C20H18N6O3S4/c1-2-30-19-25-24-18(32-19)22-16(28)11-31-20-26-23-17(33-20)21-15(27)10-29-14-8-7-12-5-3-4-6-13(12)9-14/h3-9H,2,10-11H2,1H3,(H,21,23,27)(H,22,24,28). The molecule has 0 aliphatic carbocycles. The predicted octanol–water partition coefficient (Wildman–Crippen LogP) is 4.40. The summed E-state index contributed by atoms with van der Waals surface area (Å²) in [5, 5.41) is 24.2. The Morgan fingerprint density at radius 1 is 0.879 bits per heavy atom. The molecule has 4 rings (SSSR count). The van der Waals surface area contributed by atoms with Crippen molar-refractivity contribution in [1.29, 1.82) is 0 Å².